The van der Waals surface area contributed by atoms with Crippen LogP contribution >= 0.6 is 0 Å². The van der Waals surface area contributed by atoms with Crippen LogP contribution in [0.1, 0.15) is 12.5 Å². The average molecular weight is 307 g/mol. The van der Waals surface area contributed by atoms with Crippen LogP contribution in [0.2, 0.25) is 0 Å². The van der Waals surface area contributed by atoms with E-state index in [1.54, 1.807) is 19.2 Å². The number of aliphatic hydroxyl groups is 1. The number of ether oxygens (including phenoxy) is 2. The molecule has 0 spiro atoms. The van der Waals surface area contributed by atoms with Gasteiger partial charge in [-0.15, -0.1) is 0 Å². The van der Waals surface area contributed by atoms with Gasteiger partial charge in [-0.1, -0.05) is 12.1 Å². The molecule has 0 aliphatic heterocycles. The molecule has 120 valence electrons. The van der Waals surface area contributed by atoms with Crippen molar-refractivity contribution in [2.24, 2.45) is 0 Å². The van der Waals surface area contributed by atoms with Gasteiger partial charge in [-0.3, -0.25) is 4.79 Å². The second-order valence-electron chi connectivity index (χ2n) is 4.65. The first-order valence-corrected chi connectivity index (χ1v) is 6.81. The monoisotopic (exact) mass is 307 g/mol. The van der Waals surface area contributed by atoms with E-state index in [9.17, 15) is 9.59 Å². The maximum atomic E-state index is 12.2. The van der Waals surface area contributed by atoms with Crippen molar-refractivity contribution in [2.45, 2.75) is 13.5 Å². The number of aliphatic hydroxyl groups excluding tert-OH is 1. The molecule has 1 aromatic carbocycles. The average Bonchev–Trinajstić information content (AvgIpc) is 2.54. The van der Waals surface area contributed by atoms with Crippen LogP contribution in [-0.4, -0.2) is 49.3 Å². The van der Waals surface area contributed by atoms with E-state index in [1.165, 1.54) is 25.0 Å². The molecule has 1 aromatic rings. The Morgan fingerprint density at radius 3 is 2.36 bits per heavy atom. The Morgan fingerprint density at radius 1 is 1.23 bits per heavy atom. The second kappa shape index (κ2) is 8.84. The lowest BCUT2D eigenvalue weighted by Gasteiger charge is -2.20. The Labute approximate surface area is 129 Å². The number of rotatable bonds is 7. The lowest BCUT2D eigenvalue weighted by atomic mass is 10.2. The van der Waals surface area contributed by atoms with E-state index in [-0.39, 0.29) is 24.6 Å². The molecule has 0 aromatic heterocycles. The Balaban J connectivity index is 2.83. The van der Waals surface area contributed by atoms with Crippen LogP contribution < -0.4 is 4.74 Å². The highest BCUT2D eigenvalue weighted by atomic mass is 16.5. The minimum atomic E-state index is -0.554. The van der Waals surface area contributed by atoms with E-state index in [4.69, 9.17) is 9.84 Å². The summed E-state index contributed by atoms with van der Waals surface area (Å²) in [6, 6.07) is 7.28. The summed E-state index contributed by atoms with van der Waals surface area (Å²) in [5.74, 6) is -0.181. The normalized spacial score (nSPS) is 11.0. The fourth-order valence-electron chi connectivity index (χ4n) is 1.84. The third-order valence-corrected chi connectivity index (χ3v) is 3.06. The number of benzene rings is 1. The lowest BCUT2D eigenvalue weighted by Crippen LogP contribution is -2.32. The molecule has 1 N–H and O–H groups in total. The van der Waals surface area contributed by atoms with E-state index < -0.39 is 5.97 Å². The van der Waals surface area contributed by atoms with Gasteiger partial charge in [0.1, 0.15) is 5.75 Å². The predicted molar refractivity (Wildman–Crippen MR) is 81.3 cm³/mol. The van der Waals surface area contributed by atoms with Gasteiger partial charge in [-0.2, -0.15) is 0 Å². The first-order chi connectivity index (χ1) is 10.5. The lowest BCUT2D eigenvalue weighted by molar-refractivity contribution is -0.136. The first-order valence-electron chi connectivity index (χ1n) is 6.81. The molecule has 0 unspecified atom stereocenters. The molecule has 6 heteroatoms. The minimum Gasteiger partial charge on any atom is -0.497 e. The van der Waals surface area contributed by atoms with Gasteiger partial charge in [-0.25, -0.2) is 4.79 Å². The molecule has 0 aliphatic carbocycles. The zero-order valence-corrected chi connectivity index (χ0v) is 13.0. The van der Waals surface area contributed by atoms with E-state index in [1.807, 2.05) is 12.1 Å². The standard InChI is InChI=1S/C16H21NO5/c1-12(16(20)22-3)10-15(19)17(8-9-18)11-13-4-6-14(21-2)7-5-13/h4-7,10,18H,8-9,11H2,1-3H3. The number of carbonyl (C=O) groups is 2. The van der Waals surface area contributed by atoms with Crippen molar-refractivity contribution in [1.29, 1.82) is 0 Å². The fraction of sp³-hybridized carbons (Fsp3) is 0.375. The van der Waals surface area contributed by atoms with Crippen LogP contribution in [-0.2, 0) is 20.9 Å². The summed E-state index contributed by atoms with van der Waals surface area (Å²) in [5, 5.41) is 9.11. The van der Waals surface area contributed by atoms with Crippen molar-refractivity contribution in [1.82, 2.24) is 4.90 Å². The van der Waals surface area contributed by atoms with E-state index in [2.05, 4.69) is 4.74 Å². The van der Waals surface area contributed by atoms with Crippen molar-refractivity contribution in [2.75, 3.05) is 27.4 Å². The summed E-state index contributed by atoms with van der Waals surface area (Å²) in [4.78, 5) is 25.0. The molecule has 0 heterocycles. The number of nitrogens with zero attached hydrogens (tertiary/aromatic N) is 1. The second-order valence-corrected chi connectivity index (χ2v) is 4.65. The Hall–Kier alpha value is -2.34. The third kappa shape index (κ3) is 5.21. The minimum absolute atomic E-state index is 0.160. The van der Waals surface area contributed by atoms with Gasteiger partial charge in [0.2, 0.25) is 5.91 Å². The largest absolute Gasteiger partial charge is 0.497 e. The highest BCUT2D eigenvalue weighted by Crippen LogP contribution is 2.13. The van der Waals surface area contributed by atoms with Gasteiger partial charge < -0.3 is 19.5 Å². The zero-order valence-electron chi connectivity index (χ0n) is 13.0. The first kappa shape index (κ1) is 17.7. The zero-order chi connectivity index (χ0) is 16.5. The number of hydrogen-bond donors (Lipinski definition) is 1. The van der Waals surface area contributed by atoms with E-state index in [0.29, 0.717) is 6.54 Å². The molecule has 1 rings (SSSR count). The highest BCUT2D eigenvalue weighted by Gasteiger charge is 2.14. The van der Waals surface area contributed by atoms with E-state index in [0.717, 1.165) is 11.3 Å². The van der Waals surface area contributed by atoms with E-state index >= 15 is 0 Å². The van der Waals surface area contributed by atoms with Crippen LogP contribution in [0.25, 0.3) is 0 Å². The summed E-state index contributed by atoms with van der Waals surface area (Å²) in [6.07, 6.45) is 1.21. The predicted octanol–water partition coefficient (Wildman–Crippen LogP) is 1.14. The van der Waals surface area contributed by atoms with Gasteiger partial charge in [-0.05, 0) is 24.6 Å². The van der Waals surface area contributed by atoms with Crippen LogP contribution in [0.15, 0.2) is 35.9 Å². The molecule has 0 fully saturated rings. The fourth-order valence-corrected chi connectivity index (χ4v) is 1.84. The maximum Gasteiger partial charge on any atom is 0.333 e. The van der Waals surface area contributed by atoms with Crippen LogP contribution in [0.4, 0.5) is 0 Å². The van der Waals surface area contributed by atoms with Crippen molar-refractivity contribution in [3.8, 4) is 5.75 Å². The SMILES string of the molecule is COC(=O)C(C)=CC(=O)N(CCO)Cc1ccc(OC)cc1. The van der Waals surface area contributed by atoms with Crippen LogP contribution in [0.5, 0.6) is 5.75 Å². The number of amides is 1. The molecule has 0 radical (unpaired) electrons. The van der Waals surface area contributed by atoms with Gasteiger partial charge >= 0.3 is 5.97 Å². The molecular formula is C16H21NO5. The van der Waals surface area contributed by atoms with Crippen molar-refractivity contribution >= 4 is 11.9 Å². The molecule has 1 amide bonds. The number of esters is 1. The summed E-state index contributed by atoms with van der Waals surface area (Å²) in [6.45, 7) is 1.85. The third-order valence-electron chi connectivity index (χ3n) is 3.06. The van der Waals surface area contributed by atoms with Gasteiger partial charge in [0.25, 0.3) is 0 Å². The van der Waals surface area contributed by atoms with Gasteiger partial charge in [0.15, 0.2) is 0 Å². The Kier molecular flexibility index (Phi) is 7.12. The summed E-state index contributed by atoms with van der Waals surface area (Å²) in [5.41, 5.74) is 1.11. The number of hydrogen-bond acceptors (Lipinski definition) is 5. The van der Waals surface area contributed by atoms with Gasteiger partial charge in [0, 0.05) is 24.7 Å². The Morgan fingerprint density at radius 2 is 1.86 bits per heavy atom. The highest BCUT2D eigenvalue weighted by molar-refractivity contribution is 5.97. The van der Waals surface area contributed by atoms with Gasteiger partial charge in [0.05, 0.1) is 20.8 Å². The molecule has 0 saturated heterocycles. The summed E-state index contributed by atoms with van der Waals surface area (Å²) < 4.78 is 9.63. The molecule has 0 bridgehead atoms. The molecular weight excluding hydrogens is 286 g/mol. The number of methoxy groups -OCH3 is 2. The smallest absolute Gasteiger partial charge is 0.333 e. The molecule has 6 nitrogen and oxygen atoms in total. The number of carbonyl (C=O) groups excluding carboxylic acids is 2. The topological polar surface area (TPSA) is 76.1 Å². The summed E-state index contributed by atoms with van der Waals surface area (Å²) >= 11 is 0. The summed E-state index contributed by atoms with van der Waals surface area (Å²) in [7, 11) is 2.84. The maximum absolute atomic E-state index is 12.2. The molecule has 22 heavy (non-hydrogen) atoms. The van der Waals surface area contributed by atoms with Crippen molar-refractivity contribution < 1.29 is 24.2 Å². The van der Waals surface area contributed by atoms with Crippen molar-refractivity contribution in [3.63, 3.8) is 0 Å². The quantitative estimate of drug-likeness (QED) is 0.604. The van der Waals surface area contributed by atoms with Crippen LogP contribution in [0.3, 0.4) is 0 Å². The van der Waals surface area contributed by atoms with Crippen LogP contribution in [0, 0.1) is 0 Å². The Bertz CT molecular complexity index is 536. The molecule has 0 saturated carbocycles. The molecule has 0 aliphatic rings. The molecule has 0 atom stereocenters. The van der Waals surface area contributed by atoms with Crippen molar-refractivity contribution in [3.05, 3.63) is 41.5 Å².